The van der Waals surface area contributed by atoms with E-state index >= 15 is 0 Å². The number of piperazine rings is 1. The van der Waals surface area contributed by atoms with Crippen molar-refractivity contribution in [3.63, 3.8) is 0 Å². The first-order valence-corrected chi connectivity index (χ1v) is 6.48. The van der Waals surface area contributed by atoms with Crippen LogP contribution in [0.25, 0.3) is 0 Å². The SMILES string of the molecule is Cc1cc(C(=O)N2CCN(C(=O)C(=O)O)CC2)ccc1F. The van der Waals surface area contributed by atoms with E-state index in [0.29, 0.717) is 11.1 Å². The third-order valence-corrected chi connectivity index (χ3v) is 3.44. The maximum Gasteiger partial charge on any atom is 0.394 e. The first-order chi connectivity index (χ1) is 9.90. The highest BCUT2D eigenvalue weighted by Gasteiger charge is 2.27. The highest BCUT2D eigenvalue weighted by atomic mass is 19.1. The third kappa shape index (κ3) is 3.18. The summed E-state index contributed by atoms with van der Waals surface area (Å²) in [6.45, 7) is 2.45. The van der Waals surface area contributed by atoms with Gasteiger partial charge >= 0.3 is 11.9 Å². The van der Waals surface area contributed by atoms with Gasteiger partial charge in [0.15, 0.2) is 0 Å². The number of carbonyl (C=O) groups excluding carboxylic acids is 2. The van der Waals surface area contributed by atoms with Gasteiger partial charge in [0.2, 0.25) is 0 Å². The second kappa shape index (κ2) is 5.90. The lowest BCUT2D eigenvalue weighted by atomic mass is 10.1. The molecule has 1 heterocycles. The summed E-state index contributed by atoms with van der Waals surface area (Å²) in [6.07, 6.45) is 0. The molecule has 21 heavy (non-hydrogen) atoms. The van der Waals surface area contributed by atoms with Crippen LogP contribution in [-0.4, -0.2) is 58.9 Å². The lowest BCUT2D eigenvalue weighted by Crippen LogP contribution is -2.52. The minimum atomic E-state index is -1.50. The van der Waals surface area contributed by atoms with Crippen molar-refractivity contribution in [2.75, 3.05) is 26.2 Å². The van der Waals surface area contributed by atoms with E-state index < -0.39 is 11.9 Å². The minimum Gasteiger partial charge on any atom is -0.474 e. The zero-order valence-corrected chi connectivity index (χ0v) is 11.5. The predicted octanol–water partition coefficient (Wildman–Crippen LogP) is 0.503. The Hall–Kier alpha value is -2.44. The van der Waals surface area contributed by atoms with Crippen LogP contribution in [0.5, 0.6) is 0 Å². The largest absolute Gasteiger partial charge is 0.474 e. The Morgan fingerprint density at radius 3 is 2.19 bits per heavy atom. The molecule has 0 aliphatic carbocycles. The smallest absolute Gasteiger partial charge is 0.394 e. The monoisotopic (exact) mass is 294 g/mol. The van der Waals surface area contributed by atoms with E-state index in [-0.39, 0.29) is 37.9 Å². The van der Waals surface area contributed by atoms with Crippen molar-refractivity contribution in [3.05, 3.63) is 35.1 Å². The molecule has 1 aliphatic rings. The normalized spacial score (nSPS) is 15.0. The fourth-order valence-corrected chi connectivity index (χ4v) is 2.21. The van der Waals surface area contributed by atoms with E-state index in [1.165, 1.54) is 28.0 Å². The average molecular weight is 294 g/mol. The van der Waals surface area contributed by atoms with E-state index in [1.807, 2.05) is 0 Å². The van der Waals surface area contributed by atoms with Crippen molar-refractivity contribution in [3.8, 4) is 0 Å². The maximum absolute atomic E-state index is 13.2. The Morgan fingerprint density at radius 2 is 1.67 bits per heavy atom. The number of nitrogens with zero attached hydrogens (tertiary/aromatic N) is 2. The lowest BCUT2D eigenvalue weighted by molar-refractivity contribution is -0.156. The van der Waals surface area contributed by atoms with Crippen molar-refractivity contribution < 1.29 is 23.9 Å². The van der Waals surface area contributed by atoms with Crippen LogP contribution in [0, 0.1) is 12.7 Å². The number of aryl methyl sites for hydroxylation is 1. The molecule has 2 rings (SSSR count). The molecule has 0 unspecified atom stereocenters. The Kier molecular flexibility index (Phi) is 4.21. The van der Waals surface area contributed by atoms with Crippen LogP contribution in [0.4, 0.5) is 4.39 Å². The fourth-order valence-electron chi connectivity index (χ4n) is 2.21. The molecular formula is C14H15FN2O4. The Balaban J connectivity index is 2.01. The molecule has 0 radical (unpaired) electrons. The highest BCUT2D eigenvalue weighted by Crippen LogP contribution is 2.13. The van der Waals surface area contributed by atoms with Gasteiger partial charge in [0.05, 0.1) is 0 Å². The number of halogens is 1. The zero-order chi connectivity index (χ0) is 15.6. The van der Waals surface area contributed by atoms with E-state index in [1.54, 1.807) is 6.92 Å². The number of benzene rings is 1. The van der Waals surface area contributed by atoms with Gasteiger partial charge in [-0.2, -0.15) is 0 Å². The highest BCUT2D eigenvalue weighted by molar-refractivity contribution is 6.31. The van der Waals surface area contributed by atoms with Crippen molar-refractivity contribution >= 4 is 17.8 Å². The minimum absolute atomic E-state index is 0.178. The van der Waals surface area contributed by atoms with E-state index in [9.17, 15) is 18.8 Å². The average Bonchev–Trinajstić information content (AvgIpc) is 2.48. The molecule has 1 aromatic rings. The van der Waals surface area contributed by atoms with Gasteiger partial charge in [0.25, 0.3) is 5.91 Å². The summed E-state index contributed by atoms with van der Waals surface area (Å²) in [6, 6.07) is 4.14. The number of carboxylic acid groups (broad SMARTS) is 1. The number of hydrogen-bond acceptors (Lipinski definition) is 3. The summed E-state index contributed by atoms with van der Waals surface area (Å²) in [5, 5.41) is 8.64. The lowest BCUT2D eigenvalue weighted by Gasteiger charge is -2.34. The standard InChI is InChI=1S/C14H15FN2O4/c1-9-8-10(2-3-11(9)15)12(18)16-4-6-17(7-5-16)13(19)14(20)21/h2-3,8H,4-7H2,1H3,(H,20,21). The van der Waals surface area contributed by atoms with Crippen molar-refractivity contribution in [1.29, 1.82) is 0 Å². The number of rotatable bonds is 1. The van der Waals surface area contributed by atoms with Crippen molar-refractivity contribution in [2.24, 2.45) is 0 Å². The quantitative estimate of drug-likeness (QED) is 0.765. The van der Waals surface area contributed by atoms with Gasteiger partial charge in [0.1, 0.15) is 5.82 Å². The number of carboxylic acids is 1. The summed E-state index contributed by atoms with van der Waals surface area (Å²) in [7, 11) is 0. The van der Waals surface area contributed by atoms with Gasteiger partial charge in [0, 0.05) is 31.7 Å². The maximum atomic E-state index is 13.2. The van der Waals surface area contributed by atoms with Crippen LogP contribution in [0.1, 0.15) is 15.9 Å². The summed E-state index contributed by atoms with van der Waals surface area (Å²) in [4.78, 5) is 36.9. The summed E-state index contributed by atoms with van der Waals surface area (Å²) in [5.74, 6) is -3.08. The molecule has 1 aromatic carbocycles. The summed E-state index contributed by atoms with van der Waals surface area (Å²) >= 11 is 0. The van der Waals surface area contributed by atoms with E-state index in [4.69, 9.17) is 5.11 Å². The Bertz CT molecular complexity index is 595. The first-order valence-electron chi connectivity index (χ1n) is 6.48. The molecule has 0 saturated carbocycles. The number of hydrogen-bond donors (Lipinski definition) is 1. The van der Waals surface area contributed by atoms with Crippen LogP contribution >= 0.6 is 0 Å². The van der Waals surface area contributed by atoms with E-state index in [2.05, 4.69) is 0 Å². The fraction of sp³-hybridized carbons (Fsp3) is 0.357. The third-order valence-electron chi connectivity index (χ3n) is 3.44. The molecule has 7 heteroatoms. The number of amides is 2. The second-order valence-electron chi connectivity index (χ2n) is 4.85. The molecule has 1 aliphatic heterocycles. The number of carbonyl (C=O) groups is 3. The first kappa shape index (κ1) is 15.0. The van der Waals surface area contributed by atoms with Gasteiger partial charge in [-0.1, -0.05) is 0 Å². The number of aliphatic carboxylic acids is 1. The zero-order valence-electron chi connectivity index (χ0n) is 11.5. The summed E-state index contributed by atoms with van der Waals surface area (Å²) in [5.41, 5.74) is 0.771. The van der Waals surface area contributed by atoms with E-state index in [0.717, 1.165) is 0 Å². The van der Waals surface area contributed by atoms with Crippen molar-refractivity contribution in [1.82, 2.24) is 9.80 Å². The van der Waals surface area contributed by atoms with Crippen LogP contribution in [0.15, 0.2) is 18.2 Å². The van der Waals surface area contributed by atoms with Gasteiger partial charge in [-0.05, 0) is 30.7 Å². The second-order valence-corrected chi connectivity index (χ2v) is 4.85. The molecule has 1 N–H and O–H groups in total. The molecular weight excluding hydrogens is 279 g/mol. The van der Waals surface area contributed by atoms with Crippen LogP contribution in [0.2, 0.25) is 0 Å². The van der Waals surface area contributed by atoms with Crippen molar-refractivity contribution in [2.45, 2.75) is 6.92 Å². The molecule has 6 nitrogen and oxygen atoms in total. The van der Waals surface area contributed by atoms with Crippen LogP contribution in [0.3, 0.4) is 0 Å². The molecule has 1 saturated heterocycles. The molecule has 1 fully saturated rings. The van der Waals surface area contributed by atoms with Gasteiger partial charge < -0.3 is 14.9 Å². The molecule has 0 aromatic heterocycles. The summed E-state index contributed by atoms with van der Waals surface area (Å²) < 4.78 is 13.2. The molecule has 0 atom stereocenters. The Morgan fingerprint density at radius 1 is 1.10 bits per heavy atom. The topological polar surface area (TPSA) is 77.9 Å². The Labute approximate surface area is 120 Å². The van der Waals surface area contributed by atoms with Crippen LogP contribution in [-0.2, 0) is 9.59 Å². The predicted molar refractivity (Wildman–Crippen MR) is 71.3 cm³/mol. The van der Waals surface area contributed by atoms with Gasteiger partial charge in [-0.25, -0.2) is 9.18 Å². The van der Waals surface area contributed by atoms with Crippen LogP contribution < -0.4 is 0 Å². The van der Waals surface area contributed by atoms with Gasteiger partial charge in [-0.15, -0.1) is 0 Å². The molecule has 0 bridgehead atoms. The van der Waals surface area contributed by atoms with Gasteiger partial charge in [-0.3, -0.25) is 9.59 Å². The molecule has 2 amide bonds. The molecule has 0 spiro atoms. The molecule has 112 valence electrons.